The van der Waals surface area contributed by atoms with E-state index in [9.17, 15) is 14.0 Å². The van der Waals surface area contributed by atoms with Crippen LogP contribution in [0, 0.1) is 39.9 Å². The summed E-state index contributed by atoms with van der Waals surface area (Å²) >= 11 is 0. The quantitative estimate of drug-likeness (QED) is 0.707. The van der Waals surface area contributed by atoms with Crippen LogP contribution in [0.5, 0.6) is 0 Å². The third-order valence-corrected chi connectivity index (χ3v) is 8.25. The summed E-state index contributed by atoms with van der Waals surface area (Å²) in [6.45, 7) is 6.18. The molecule has 0 bridgehead atoms. The first-order chi connectivity index (χ1) is 11.7. The van der Waals surface area contributed by atoms with Crippen LogP contribution in [0.1, 0.15) is 52.9 Å². The highest BCUT2D eigenvalue weighted by Crippen LogP contribution is 2.66. The van der Waals surface area contributed by atoms with Crippen LogP contribution in [0.2, 0.25) is 0 Å². The van der Waals surface area contributed by atoms with Crippen molar-refractivity contribution in [3.05, 3.63) is 23.6 Å². The largest absolute Gasteiger partial charge is 0.301 e. The normalized spacial score (nSPS) is 48.1. The Morgan fingerprint density at radius 3 is 2.64 bits per heavy atom. The Balaban J connectivity index is 1.85. The zero-order valence-electron chi connectivity index (χ0n) is 15.2. The molecular weight excluding hydrogens is 317 g/mol. The molecule has 4 rings (SSSR count). The second kappa shape index (κ2) is 5.21. The molecule has 3 fully saturated rings. The number of hydrogen-bond donors (Lipinski definition) is 1. The van der Waals surface area contributed by atoms with Crippen molar-refractivity contribution < 1.29 is 14.0 Å². The number of Topliss-reactive ketones (excluding diaryl/α,β-unsaturated/α-hetero) is 1. The molecule has 0 aromatic rings. The first kappa shape index (κ1) is 16.9. The molecule has 1 unspecified atom stereocenters. The predicted molar refractivity (Wildman–Crippen MR) is 93.9 cm³/mol. The summed E-state index contributed by atoms with van der Waals surface area (Å²) < 4.78 is 13.9. The van der Waals surface area contributed by atoms with Gasteiger partial charge >= 0.3 is 0 Å². The zero-order valence-corrected chi connectivity index (χ0v) is 15.2. The summed E-state index contributed by atoms with van der Waals surface area (Å²) in [5, 5.41) is 8.34. The van der Waals surface area contributed by atoms with Crippen LogP contribution >= 0.6 is 0 Å². The summed E-state index contributed by atoms with van der Waals surface area (Å²) in [6, 6.07) is 0. The molecule has 3 nitrogen and oxygen atoms in total. The number of halogens is 1. The SMILES string of the molecule is CC1=CC(=O)C(=N)C2C(=CF)C[C@@H]3[C@H](CC[C@]4(C)C(=O)CC[C@@H]34)[C@@]12C. The Kier molecular flexibility index (Phi) is 3.52. The minimum Gasteiger partial charge on any atom is -0.301 e. The van der Waals surface area contributed by atoms with Crippen molar-refractivity contribution in [3.63, 3.8) is 0 Å². The number of nitrogens with one attached hydrogen (secondary N) is 1. The third kappa shape index (κ3) is 1.94. The van der Waals surface area contributed by atoms with Crippen LogP contribution in [0.4, 0.5) is 4.39 Å². The van der Waals surface area contributed by atoms with E-state index in [1.807, 2.05) is 6.92 Å². The van der Waals surface area contributed by atoms with Gasteiger partial charge in [0.2, 0.25) is 0 Å². The summed E-state index contributed by atoms with van der Waals surface area (Å²) in [5.41, 5.74) is 0.935. The average Bonchev–Trinajstić information content (AvgIpc) is 2.88. The fourth-order valence-corrected chi connectivity index (χ4v) is 6.76. The van der Waals surface area contributed by atoms with E-state index in [0.29, 0.717) is 42.4 Å². The van der Waals surface area contributed by atoms with Gasteiger partial charge in [-0.05, 0) is 62.0 Å². The summed E-state index contributed by atoms with van der Waals surface area (Å²) in [4.78, 5) is 24.7. The Bertz CT molecular complexity index is 751. The van der Waals surface area contributed by atoms with E-state index in [-0.39, 0.29) is 22.8 Å². The van der Waals surface area contributed by atoms with Gasteiger partial charge in [0.05, 0.1) is 12.0 Å². The molecule has 0 saturated heterocycles. The number of carbonyl (C=O) groups is 2. The van der Waals surface area contributed by atoms with Gasteiger partial charge in [0.1, 0.15) is 5.78 Å². The summed E-state index contributed by atoms with van der Waals surface area (Å²) in [5.74, 6) is 0.499. The predicted octanol–water partition coefficient (Wildman–Crippen LogP) is 4.43. The monoisotopic (exact) mass is 343 g/mol. The first-order valence-electron chi connectivity index (χ1n) is 9.39. The topological polar surface area (TPSA) is 58.0 Å². The molecular formula is C21H26FNO2. The highest BCUT2D eigenvalue weighted by molar-refractivity contribution is 6.45. The molecule has 0 amide bonds. The maximum Gasteiger partial charge on any atom is 0.199 e. The van der Waals surface area contributed by atoms with Gasteiger partial charge < -0.3 is 5.41 Å². The van der Waals surface area contributed by atoms with Crippen LogP contribution in [-0.2, 0) is 9.59 Å². The molecule has 0 spiro atoms. The van der Waals surface area contributed by atoms with Gasteiger partial charge in [0.15, 0.2) is 5.78 Å². The van der Waals surface area contributed by atoms with Gasteiger partial charge in [-0.1, -0.05) is 19.4 Å². The average molecular weight is 343 g/mol. The van der Waals surface area contributed by atoms with Crippen LogP contribution in [-0.4, -0.2) is 17.3 Å². The molecule has 0 heterocycles. The molecule has 6 atom stereocenters. The fraction of sp³-hybridized carbons (Fsp3) is 0.667. The molecule has 0 radical (unpaired) electrons. The van der Waals surface area contributed by atoms with Crippen molar-refractivity contribution in [3.8, 4) is 0 Å². The van der Waals surface area contributed by atoms with Gasteiger partial charge in [-0.15, -0.1) is 0 Å². The van der Waals surface area contributed by atoms with Crippen molar-refractivity contribution in [2.24, 2.45) is 34.5 Å². The maximum absolute atomic E-state index is 13.9. The Hall–Kier alpha value is -1.58. The molecule has 0 aliphatic heterocycles. The van der Waals surface area contributed by atoms with E-state index in [4.69, 9.17) is 5.41 Å². The van der Waals surface area contributed by atoms with Crippen molar-refractivity contribution >= 4 is 17.3 Å². The van der Waals surface area contributed by atoms with E-state index < -0.39 is 11.3 Å². The van der Waals surface area contributed by atoms with Crippen LogP contribution in [0.15, 0.2) is 23.6 Å². The Morgan fingerprint density at radius 1 is 1.24 bits per heavy atom. The third-order valence-electron chi connectivity index (χ3n) is 8.25. The lowest BCUT2D eigenvalue weighted by molar-refractivity contribution is -0.132. The number of fused-ring (bicyclic) bond motifs is 5. The second-order valence-electron chi connectivity index (χ2n) is 9.00. The molecule has 1 N–H and O–H groups in total. The van der Waals surface area contributed by atoms with Gasteiger partial charge in [0, 0.05) is 23.2 Å². The van der Waals surface area contributed by atoms with Gasteiger partial charge in [-0.2, -0.15) is 0 Å². The van der Waals surface area contributed by atoms with Crippen LogP contribution < -0.4 is 0 Å². The smallest absolute Gasteiger partial charge is 0.199 e. The van der Waals surface area contributed by atoms with Gasteiger partial charge in [0.25, 0.3) is 0 Å². The van der Waals surface area contributed by atoms with Gasteiger partial charge in [-0.3, -0.25) is 9.59 Å². The molecule has 25 heavy (non-hydrogen) atoms. The lowest BCUT2D eigenvalue weighted by atomic mass is 9.44. The maximum atomic E-state index is 13.9. The van der Waals surface area contributed by atoms with Crippen molar-refractivity contribution in [2.45, 2.75) is 52.9 Å². The molecule has 4 heteroatoms. The van der Waals surface area contributed by atoms with E-state index >= 15 is 0 Å². The minimum atomic E-state index is -0.447. The highest BCUT2D eigenvalue weighted by atomic mass is 19.1. The number of carbonyl (C=O) groups excluding carboxylic acids is 2. The Labute approximate surface area is 148 Å². The van der Waals surface area contributed by atoms with E-state index in [0.717, 1.165) is 24.8 Å². The van der Waals surface area contributed by atoms with Crippen molar-refractivity contribution in [2.75, 3.05) is 0 Å². The lowest BCUT2D eigenvalue weighted by Crippen LogP contribution is -2.56. The number of allylic oxidation sites excluding steroid dienone is 3. The van der Waals surface area contributed by atoms with Crippen LogP contribution in [0.25, 0.3) is 0 Å². The zero-order chi connectivity index (χ0) is 18.1. The summed E-state index contributed by atoms with van der Waals surface area (Å²) in [6.07, 6.45) is 6.15. The van der Waals surface area contributed by atoms with E-state index in [1.165, 1.54) is 0 Å². The molecule has 134 valence electrons. The standard InChI is InChI=1S/C21H26FNO2/c1-11-8-16(24)19(23)18-12(10-22)9-13-14-4-5-17(25)20(14,2)7-6-15(13)21(11,18)3/h8,10,13-15,18,23H,4-7,9H2,1-3H3/t13-,14-,15-,18?,20-,21+/m0/s1. The van der Waals surface area contributed by atoms with Crippen LogP contribution in [0.3, 0.4) is 0 Å². The van der Waals surface area contributed by atoms with E-state index in [1.54, 1.807) is 6.08 Å². The van der Waals surface area contributed by atoms with Gasteiger partial charge in [-0.25, -0.2) is 4.39 Å². The van der Waals surface area contributed by atoms with Crippen molar-refractivity contribution in [1.29, 1.82) is 5.41 Å². The Morgan fingerprint density at radius 2 is 1.96 bits per heavy atom. The molecule has 0 aromatic carbocycles. The first-order valence-corrected chi connectivity index (χ1v) is 9.39. The molecule has 4 aliphatic rings. The summed E-state index contributed by atoms with van der Waals surface area (Å²) in [7, 11) is 0. The molecule has 3 saturated carbocycles. The lowest BCUT2D eigenvalue weighted by Gasteiger charge is -2.59. The second-order valence-corrected chi connectivity index (χ2v) is 9.00. The fourth-order valence-electron chi connectivity index (χ4n) is 6.76. The number of rotatable bonds is 0. The number of ketones is 2. The number of hydrogen-bond acceptors (Lipinski definition) is 3. The highest BCUT2D eigenvalue weighted by Gasteiger charge is 2.62. The van der Waals surface area contributed by atoms with Crippen molar-refractivity contribution in [1.82, 2.24) is 0 Å². The molecule has 0 aromatic heterocycles. The van der Waals surface area contributed by atoms with E-state index in [2.05, 4.69) is 13.8 Å². The molecule has 4 aliphatic carbocycles. The minimum absolute atomic E-state index is 0.0336.